The van der Waals surface area contributed by atoms with Crippen LogP contribution in [0.1, 0.15) is 20.4 Å². The number of thiazole rings is 1. The van der Waals surface area contributed by atoms with Crippen molar-refractivity contribution in [1.29, 1.82) is 0 Å². The molecule has 0 atom stereocenters. The third kappa shape index (κ3) is 6.87. The number of amides is 1. The summed E-state index contributed by atoms with van der Waals surface area (Å²) >= 11 is 0.880. The molecule has 0 saturated carbocycles. The van der Waals surface area contributed by atoms with Gasteiger partial charge in [-0.25, -0.2) is 4.98 Å². The van der Waals surface area contributed by atoms with Crippen molar-refractivity contribution in [3.8, 4) is 0 Å². The number of carbonyl (C=O) groups is 1. The summed E-state index contributed by atoms with van der Waals surface area (Å²) in [4.78, 5) is 16.0. The Kier molecular flexibility index (Phi) is 7.06. The van der Waals surface area contributed by atoms with E-state index in [1.165, 1.54) is 0 Å². The van der Waals surface area contributed by atoms with Gasteiger partial charge in [0.25, 0.3) is 5.91 Å². The molecule has 21 heavy (non-hydrogen) atoms. The minimum atomic E-state index is -4.33. The molecule has 0 aliphatic rings. The highest BCUT2D eigenvalue weighted by atomic mass is 32.1. The molecule has 1 amide bonds. The number of aromatic nitrogens is 1. The zero-order valence-corrected chi connectivity index (χ0v) is 12.6. The SMILES string of the molecule is COCCOCCNC(=O)c1nc(CC(F)(F)F)sc1C. The van der Waals surface area contributed by atoms with Gasteiger partial charge in [-0.3, -0.25) is 4.79 Å². The van der Waals surface area contributed by atoms with Gasteiger partial charge in [0.05, 0.1) is 26.2 Å². The van der Waals surface area contributed by atoms with Crippen LogP contribution in [0.3, 0.4) is 0 Å². The lowest BCUT2D eigenvalue weighted by molar-refractivity contribution is -0.127. The number of nitrogens with one attached hydrogen (secondary N) is 1. The lowest BCUT2D eigenvalue weighted by atomic mass is 10.3. The highest BCUT2D eigenvalue weighted by Crippen LogP contribution is 2.26. The Balaban J connectivity index is 2.43. The van der Waals surface area contributed by atoms with Gasteiger partial charge < -0.3 is 14.8 Å². The van der Waals surface area contributed by atoms with Gasteiger partial charge in [-0.1, -0.05) is 0 Å². The summed E-state index contributed by atoms with van der Waals surface area (Å²) in [5, 5.41) is 2.44. The van der Waals surface area contributed by atoms with Crippen LogP contribution >= 0.6 is 11.3 Å². The van der Waals surface area contributed by atoms with Crippen LogP contribution in [-0.2, 0) is 15.9 Å². The van der Waals surface area contributed by atoms with Gasteiger partial charge in [0, 0.05) is 18.5 Å². The molecule has 5 nitrogen and oxygen atoms in total. The molecule has 0 fully saturated rings. The highest BCUT2D eigenvalue weighted by molar-refractivity contribution is 7.11. The van der Waals surface area contributed by atoms with Gasteiger partial charge in [-0.05, 0) is 6.92 Å². The van der Waals surface area contributed by atoms with E-state index in [9.17, 15) is 18.0 Å². The molecule has 0 bridgehead atoms. The van der Waals surface area contributed by atoms with E-state index in [-0.39, 0.29) is 17.2 Å². The van der Waals surface area contributed by atoms with Crippen molar-refractivity contribution in [2.24, 2.45) is 0 Å². The van der Waals surface area contributed by atoms with Crippen molar-refractivity contribution >= 4 is 17.2 Å². The van der Waals surface area contributed by atoms with Crippen molar-refractivity contribution in [3.05, 3.63) is 15.6 Å². The van der Waals surface area contributed by atoms with E-state index in [1.807, 2.05) is 0 Å². The van der Waals surface area contributed by atoms with Crippen molar-refractivity contribution in [3.63, 3.8) is 0 Å². The number of hydrogen-bond donors (Lipinski definition) is 1. The number of nitrogens with zero attached hydrogens (tertiary/aromatic N) is 1. The maximum absolute atomic E-state index is 12.3. The predicted octanol–water partition coefficient (Wildman–Crippen LogP) is 1.95. The molecule has 1 aromatic rings. The molecular formula is C12H17F3N2O3S. The van der Waals surface area contributed by atoms with E-state index >= 15 is 0 Å². The Morgan fingerprint density at radius 2 is 2.05 bits per heavy atom. The lowest BCUT2D eigenvalue weighted by Crippen LogP contribution is -2.28. The third-order valence-electron chi connectivity index (χ3n) is 2.37. The maximum atomic E-state index is 12.3. The zero-order chi connectivity index (χ0) is 15.9. The molecule has 1 heterocycles. The van der Waals surface area contributed by atoms with E-state index < -0.39 is 18.5 Å². The molecular weight excluding hydrogens is 309 g/mol. The number of halogens is 3. The molecule has 1 aromatic heterocycles. The van der Waals surface area contributed by atoms with E-state index in [0.717, 1.165) is 11.3 Å². The Morgan fingerprint density at radius 1 is 1.33 bits per heavy atom. The fraction of sp³-hybridized carbons (Fsp3) is 0.667. The molecule has 0 unspecified atom stereocenters. The molecule has 0 aliphatic carbocycles. The van der Waals surface area contributed by atoms with Crippen molar-refractivity contribution in [2.45, 2.75) is 19.5 Å². The van der Waals surface area contributed by atoms with E-state index in [4.69, 9.17) is 9.47 Å². The molecule has 1 N–H and O–H groups in total. The first-order valence-corrected chi connectivity index (χ1v) is 7.03. The van der Waals surface area contributed by atoms with Crippen LogP contribution in [0.25, 0.3) is 0 Å². The summed E-state index contributed by atoms with van der Waals surface area (Å²) in [6.07, 6.45) is -5.45. The number of alkyl halides is 3. The Morgan fingerprint density at radius 3 is 2.67 bits per heavy atom. The second-order valence-corrected chi connectivity index (χ2v) is 5.45. The van der Waals surface area contributed by atoms with Crippen LogP contribution in [-0.4, -0.2) is 50.5 Å². The van der Waals surface area contributed by atoms with E-state index in [1.54, 1.807) is 14.0 Å². The average molecular weight is 326 g/mol. The fourth-order valence-corrected chi connectivity index (χ4v) is 2.44. The minimum absolute atomic E-state index is 0.0381. The highest BCUT2D eigenvalue weighted by Gasteiger charge is 2.30. The largest absolute Gasteiger partial charge is 0.395 e. The smallest absolute Gasteiger partial charge is 0.382 e. The number of ether oxygens (including phenoxy) is 2. The molecule has 0 radical (unpaired) electrons. The Bertz CT molecular complexity index is 463. The second-order valence-electron chi connectivity index (χ2n) is 4.17. The second kappa shape index (κ2) is 8.30. The summed E-state index contributed by atoms with van der Waals surface area (Å²) in [5.41, 5.74) is 0.0381. The Hall–Kier alpha value is -1.19. The summed E-state index contributed by atoms with van der Waals surface area (Å²) in [6, 6.07) is 0. The first kappa shape index (κ1) is 17.9. The van der Waals surface area contributed by atoms with Crippen LogP contribution in [0.4, 0.5) is 13.2 Å². The Labute approximate surface area is 124 Å². The molecule has 0 spiro atoms. The fourth-order valence-electron chi connectivity index (χ4n) is 1.47. The van der Waals surface area contributed by atoms with Crippen molar-refractivity contribution in [1.82, 2.24) is 10.3 Å². The van der Waals surface area contributed by atoms with Gasteiger partial charge >= 0.3 is 6.18 Å². The van der Waals surface area contributed by atoms with Crippen LogP contribution in [0.15, 0.2) is 0 Å². The van der Waals surface area contributed by atoms with Crippen LogP contribution in [0, 0.1) is 6.92 Å². The summed E-state index contributed by atoms with van der Waals surface area (Å²) in [7, 11) is 1.55. The molecule has 0 aliphatic heterocycles. The summed E-state index contributed by atoms with van der Waals surface area (Å²) in [6.45, 7) is 3.00. The number of rotatable bonds is 8. The van der Waals surface area contributed by atoms with Gasteiger partial charge in [0.1, 0.15) is 10.7 Å². The van der Waals surface area contributed by atoms with Gasteiger partial charge in [0.15, 0.2) is 0 Å². The first-order chi connectivity index (χ1) is 9.83. The predicted molar refractivity (Wildman–Crippen MR) is 71.6 cm³/mol. The van der Waals surface area contributed by atoms with Crippen LogP contribution < -0.4 is 5.32 Å². The van der Waals surface area contributed by atoms with Crippen LogP contribution in [0.2, 0.25) is 0 Å². The van der Waals surface area contributed by atoms with Crippen LogP contribution in [0.5, 0.6) is 0 Å². The third-order valence-corrected chi connectivity index (χ3v) is 3.34. The molecule has 9 heteroatoms. The average Bonchev–Trinajstić information content (AvgIpc) is 2.72. The molecule has 1 rings (SSSR count). The molecule has 120 valence electrons. The summed E-state index contributed by atoms with van der Waals surface area (Å²) in [5.74, 6) is -0.493. The minimum Gasteiger partial charge on any atom is -0.382 e. The normalized spacial score (nSPS) is 11.7. The monoisotopic (exact) mass is 326 g/mol. The van der Waals surface area contributed by atoms with Gasteiger partial charge in [0.2, 0.25) is 0 Å². The number of hydrogen-bond acceptors (Lipinski definition) is 5. The van der Waals surface area contributed by atoms with Gasteiger partial charge in [-0.15, -0.1) is 11.3 Å². The van der Waals surface area contributed by atoms with E-state index in [2.05, 4.69) is 10.3 Å². The van der Waals surface area contributed by atoms with E-state index in [0.29, 0.717) is 24.7 Å². The maximum Gasteiger partial charge on any atom is 0.395 e. The molecule has 0 saturated heterocycles. The summed E-state index contributed by atoms with van der Waals surface area (Å²) < 4.78 is 46.8. The standard InChI is InChI=1S/C12H17F3N2O3S/c1-8-10(17-9(21-8)7-12(13,14)15)11(18)16-3-4-20-6-5-19-2/h3-7H2,1-2H3,(H,16,18). The van der Waals surface area contributed by atoms with Crippen molar-refractivity contribution < 1.29 is 27.4 Å². The number of methoxy groups -OCH3 is 1. The first-order valence-electron chi connectivity index (χ1n) is 6.21. The van der Waals surface area contributed by atoms with Gasteiger partial charge in [-0.2, -0.15) is 13.2 Å². The topological polar surface area (TPSA) is 60.5 Å². The zero-order valence-electron chi connectivity index (χ0n) is 11.7. The lowest BCUT2D eigenvalue weighted by Gasteiger charge is -2.05. The quantitative estimate of drug-likeness (QED) is 0.742. The molecule has 0 aromatic carbocycles. The number of aryl methyl sites for hydroxylation is 1. The number of carbonyl (C=O) groups excluding carboxylic acids is 1. The van der Waals surface area contributed by atoms with Crippen molar-refractivity contribution in [2.75, 3.05) is 33.5 Å².